The predicted octanol–water partition coefficient (Wildman–Crippen LogP) is 1.48. The molecule has 3 heterocycles. The average Bonchev–Trinajstić information content (AvgIpc) is 3.12. The molecule has 0 saturated carbocycles. The molecular formula is C18H18F2N6O2. The summed E-state index contributed by atoms with van der Waals surface area (Å²) in [5.74, 6) is -2.56. The summed E-state index contributed by atoms with van der Waals surface area (Å²) in [5.41, 5.74) is 5.63. The van der Waals surface area contributed by atoms with Crippen LogP contribution in [0, 0.1) is 11.8 Å². The summed E-state index contributed by atoms with van der Waals surface area (Å²) < 4.78 is 27.4. The van der Waals surface area contributed by atoms with Gasteiger partial charge in [-0.1, -0.05) is 6.58 Å². The average molecular weight is 388 g/mol. The van der Waals surface area contributed by atoms with Gasteiger partial charge in [-0.25, -0.2) is 14.4 Å². The Morgan fingerprint density at radius 2 is 2.14 bits per heavy atom. The van der Waals surface area contributed by atoms with Gasteiger partial charge in [-0.2, -0.15) is 4.39 Å². The van der Waals surface area contributed by atoms with Crippen LogP contribution in [0.1, 0.15) is 16.8 Å². The number of pyridine rings is 2. The fraction of sp³-hybridized carbons (Fsp3) is 0.222. The lowest BCUT2D eigenvalue weighted by molar-refractivity contribution is -0.117. The minimum Gasteiger partial charge on any atom is -0.365 e. The van der Waals surface area contributed by atoms with Crippen molar-refractivity contribution in [2.45, 2.75) is 12.5 Å². The van der Waals surface area contributed by atoms with Crippen LogP contribution in [0.5, 0.6) is 0 Å². The number of anilines is 3. The molecular weight excluding hydrogens is 370 g/mol. The second-order valence-corrected chi connectivity index (χ2v) is 6.19. The van der Waals surface area contributed by atoms with E-state index in [0.717, 1.165) is 12.1 Å². The van der Waals surface area contributed by atoms with Gasteiger partial charge >= 0.3 is 0 Å². The summed E-state index contributed by atoms with van der Waals surface area (Å²) in [4.78, 5) is 32.7. The van der Waals surface area contributed by atoms with Crippen molar-refractivity contribution >= 4 is 29.1 Å². The smallest absolute Gasteiger partial charge is 0.252 e. The van der Waals surface area contributed by atoms with E-state index >= 15 is 0 Å². The molecule has 146 valence electrons. The van der Waals surface area contributed by atoms with Crippen molar-refractivity contribution in [3.8, 4) is 0 Å². The molecule has 0 spiro atoms. The molecule has 2 aromatic rings. The molecule has 1 aliphatic rings. The largest absolute Gasteiger partial charge is 0.365 e. The highest BCUT2D eigenvalue weighted by molar-refractivity contribution is 5.98. The number of hydrogen-bond acceptors (Lipinski definition) is 6. The number of halogens is 2. The lowest BCUT2D eigenvalue weighted by atomic mass is 10.2. The zero-order chi connectivity index (χ0) is 20.3. The number of aromatic nitrogens is 2. The number of carbonyl (C=O) groups is 2. The molecule has 0 aliphatic carbocycles. The van der Waals surface area contributed by atoms with Gasteiger partial charge in [-0.3, -0.25) is 9.59 Å². The summed E-state index contributed by atoms with van der Waals surface area (Å²) >= 11 is 0. The van der Waals surface area contributed by atoms with E-state index in [1.807, 2.05) is 0 Å². The van der Waals surface area contributed by atoms with Crippen LogP contribution in [0.4, 0.5) is 26.1 Å². The van der Waals surface area contributed by atoms with Crippen LogP contribution in [0.2, 0.25) is 0 Å². The maximum Gasteiger partial charge on any atom is 0.252 e. The SMILES string of the molecule is C=CC(=O)NC1CCN(c2nc(Nc3ccc(F)nc3)c(F)cc2C(N)=O)C1. The van der Waals surface area contributed by atoms with Crippen LogP contribution in [0.15, 0.2) is 37.1 Å². The fourth-order valence-corrected chi connectivity index (χ4v) is 2.91. The van der Waals surface area contributed by atoms with E-state index in [1.54, 1.807) is 4.90 Å². The molecule has 0 aromatic carbocycles. The molecule has 1 saturated heterocycles. The van der Waals surface area contributed by atoms with E-state index in [9.17, 15) is 18.4 Å². The zero-order valence-electron chi connectivity index (χ0n) is 14.8. The quantitative estimate of drug-likeness (QED) is 0.510. The molecule has 2 amide bonds. The Labute approximate surface area is 159 Å². The van der Waals surface area contributed by atoms with Gasteiger partial charge < -0.3 is 21.3 Å². The Morgan fingerprint density at radius 3 is 2.79 bits per heavy atom. The Kier molecular flexibility index (Phi) is 5.48. The minimum absolute atomic E-state index is 0.0732. The highest BCUT2D eigenvalue weighted by Crippen LogP contribution is 2.28. The van der Waals surface area contributed by atoms with E-state index in [0.29, 0.717) is 25.2 Å². The van der Waals surface area contributed by atoms with Crippen molar-refractivity contribution in [3.63, 3.8) is 0 Å². The Bertz CT molecular complexity index is 919. The molecule has 0 radical (unpaired) electrons. The second-order valence-electron chi connectivity index (χ2n) is 6.19. The number of rotatable bonds is 6. The number of primary amides is 1. The van der Waals surface area contributed by atoms with Gasteiger partial charge in [0.15, 0.2) is 11.6 Å². The number of nitrogens with two attached hydrogens (primary N) is 1. The maximum atomic E-state index is 14.4. The van der Waals surface area contributed by atoms with Crippen molar-refractivity contribution in [1.29, 1.82) is 0 Å². The summed E-state index contributed by atoms with van der Waals surface area (Å²) in [7, 11) is 0. The first kappa shape index (κ1) is 19.2. The zero-order valence-corrected chi connectivity index (χ0v) is 14.8. The van der Waals surface area contributed by atoms with E-state index in [2.05, 4.69) is 27.2 Å². The maximum absolute atomic E-state index is 14.4. The van der Waals surface area contributed by atoms with Crippen molar-refractivity contribution in [2.75, 3.05) is 23.3 Å². The molecule has 1 atom stereocenters. The van der Waals surface area contributed by atoms with Crippen molar-refractivity contribution in [2.24, 2.45) is 5.73 Å². The molecule has 28 heavy (non-hydrogen) atoms. The van der Waals surface area contributed by atoms with Gasteiger partial charge in [-0.15, -0.1) is 0 Å². The lowest BCUT2D eigenvalue weighted by Crippen LogP contribution is -2.36. The molecule has 1 unspecified atom stereocenters. The van der Waals surface area contributed by atoms with Crippen molar-refractivity contribution < 1.29 is 18.4 Å². The van der Waals surface area contributed by atoms with Crippen LogP contribution >= 0.6 is 0 Å². The van der Waals surface area contributed by atoms with Crippen molar-refractivity contribution in [3.05, 3.63) is 54.4 Å². The Hall–Kier alpha value is -3.56. The van der Waals surface area contributed by atoms with Crippen LogP contribution in [0.25, 0.3) is 0 Å². The number of hydrogen-bond donors (Lipinski definition) is 3. The Balaban J connectivity index is 1.88. The van der Waals surface area contributed by atoms with E-state index in [4.69, 9.17) is 5.73 Å². The van der Waals surface area contributed by atoms with Gasteiger partial charge in [0, 0.05) is 19.1 Å². The first-order valence-corrected chi connectivity index (χ1v) is 8.44. The topological polar surface area (TPSA) is 113 Å². The molecule has 1 fully saturated rings. The van der Waals surface area contributed by atoms with E-state index < -0.39 is 17.7 Å². The third kappa shape index (κ3) is 4.22. The van der Waals surface area contributed by atoms with Gasteiger partial charge in [0.05, 0.1) is 17.4 Å². The first-order chi connectivity index (χ1) is 13.4. The van der Waals surface area contributed by atoms with Crippen LogP contribution in [-0.2, 0) is 4.79 Å². The molecule has 0 bridgehead atoms. The Morgan fingerprint density at radius 1 is 1.36 bits per heavy atom. The molecule has 3 rings (SSSR count). The van der Waals surface area contributed by atoms with Gasteiger partial charge in [0.25, 0.3) is 5.91 Å². The third-order valence-corrected chi connectivity index (χ3v) is 4.23. The number of carbonyl (C=O) groups excluding carboxylic acids is 2. The summed E-state index contributed by atoms with van der Waals surface area (Å²) in [6.45, 7) is 4.26. The predicted molar refractivity (Wildman–Crippen MR) is 99.1 cm³/mol. The van der Waals surface area contributed by atoms with Gasteiger partial charge in [0.2, 0.25) is 11.9 Å². The van der Waals surface area contributed by atoms with E-state index in [-0.39, 0.29) is 29.1 Å². The fourth-order valence-electron chi connectivity index (χ4n) is 2.91. The summed E-state index contributed by atoms with van der Waals surface area (Å²) in [6, 6.07) is 3.32. The van der Waals surface area contributed by atoms with Crippen LogP contribution in [-0.4, -0.2) is 40.9 Å². The normalized spacial score (nSPS) is 15.9. The lowest BCUT2D eigenvalue weighted by Gasteiger charge is -2.21. The standard InChI is InChI=1S/C18H18F2N6O2/c1-2-15(27)23-11-5-6-26(9-11)18-12(16(21)28)7-13(19)17(25-18)24-10-3-4-14(20)22-8-10/h2-4,7-8,11H,1,5-6,9H2,(H2,21,28)(H,23,27)(H,24,25). The third-order valence-electron chi connectivity index (χ3n) is 4.23. The molecule has 1 aliphatic heterocycles. The van der Waals surface area contributed by atoms with Gasteiger partial charge in [-0.05, 0) is 30.7 Å². The molecule has 2 aromatic heterocycles. The first-order valence-electron chi connectivity index (χ1n) is 8.44. The molecule has 10 heteroatoms. The van der Waals surface area contributed by atoms with Crippen LogP contribution in [0.3, 0.4) is 0 Å². The van der Waals surface area contributed by atoms with Gasteiger partial charge in [0.1, 0.15) is 5.82 Å². The van der Waals surface area contributed by atoms with E-state index in [1.165, 1.54) is 18.3 Å². The second kappa shape index (κ2) is 7.99. The molecule has 4 N–H and O–H groups in total. The number of nitrogens with one attached hydrogen (secondary N) is 2. The number of amides is 2. The summed E-state index contributed by atoms with van der Waals surface area (Å²) in [6.07, 6.45) is 2.97. The van der Waals surface area contributed by atoms with Crippen molar-refractivity contribution in [1.82, 2.24) is 15.3 Å². The van der Waals surface area contributed by atoms with Crippen LogP contribution < -0.4 is 21.3 Å². The number of nitrogens with zero attached hydrogens (tertiary/aromatic N) is 3. The summed E-state index contributed by atoms with van der Waals surface area (Å²) in [5, 5.41) is 5.48. The molecule has 8 nitrogen and oxygen atoms in total. The minimum atomic E-state index is -0.824. The highest BCUT2D eigenvalue weighted by atomic mass is 19.1. The monoisotopic (exact) mass is 388 g/mol. The highest BCUT2D eigenvalue weighted by Gasteiger charge is 2.28.